The molecule has 0 bridgehead atoms. The summed E-state index contributed by atoms with van der Waals surface area (Å²) in [5.74, 6) is 0.731. The lowest BCUT2D eigenvalue weighted by molar-refractivity contribution is 1.18. The molecule has 0 radical (unpaired) electrons. The van der Waals surface area contributed by atoms with Gasteiger partial charge in [-0.05, 0) is 43.7 Å². The molecule has 126 valence electrons. The molecular weight excluding hydrogens is 334 g/mol. The smallest absolute Gasteiger partial charge is 0.157 e. The van der Waals surface area contributed by atoms with Gasteiger partial charge >= 0.3 is 0 Å². The maximum atomic E-state index is 6.37. The first-order chi connectivity index (χ1) is 12.2. The first-order valence-electron chi connectivity index (χ1n) is 8.19. The average Bonchev–Trinajstić information content (AvgIpc) is 3.08. The predicted octanol–water partition coefficient (Wildman–Crippen LogP) is 5.02. The van der Waals surface area contributed by atoms with Gasteiger partial charge in [0.2, 0.25) is 0 Å². The first kappa shape index (κ1) is 15.7. The fourth-order valence-corrected chi connectivity index (χ4v) is 3.24. The van der Waals surface area contributed by atoms with Crippen molar-refractivity contribution in [1.82, 2.24) is 14.4 Å². The molecule has 4 aromatic rings. The highest BCUT2D eigenvalue weighted by Gasteiger charge is 2.12. The fraction of sp³-hybridized carbons (Fsp3) is 0.158. The molecule has 2 aromatic carbocycles. The summed E-state index contributed by atoms with van der Waals surface area (Å²) in [6.45, 7) is 4.96. The van der Waals surface area contributed by atoms with Crippen LogP contribution >= 0.6 is 11.6 Å². The molecule has 0 saturated heterocycles. The van der Waals surface area contributed by atoms with E-state index < -0.39 is 0 Å². The Morgan fingerprint density at radius 1 is 1.16 bits per heavy atom. The van der Waals surface area contributed by atoms with Gasteiger partial charge in [0.25, 0.3) is 0 Å². The van der Waals surface area contributed by atoms with E-state index in [0.717, 1.165) is 45.9 Å². The summed E-state index contributed by atoms with van der Waals surface area (Å²) < 4.78 is 2.03. The summed E-state index contributed by atoms with van der Waals surface area (Å²) in [6.07, 6.45) is 3.61. The van der Waals surface area contributed by atoms with Crippen molar-refractivity contribution in [3.05, 3.63) is 59.5 Å². The van der Waals surface area contributed by atoms with Gasteiger partial charge in [-0.3, -0.25) is 4.40 Å². The van der Waals surface area contributed by atoms with Gasteiger partial charge in [0, 0.05) is 12.2 Å². The van der Waals surface area contributed by atoms with Crippen LogP contribution in [0.15, 0.2) is 48.9 Å². The molecule has 0 spiro atoms. The van der Waals surface area contributed by atoms with E-state index in [1.54, 1.807) is 12.5 Å². The van der Waals surface area contributed by atoms with Crippen LogP contribution in [0, 0.1) is 6.92 Å². The number of nitrogens with zero attached hydrogens (tertiary/aromatic N) is 3. The van der Waals surface area contributed by atoms with Crippen molar-refractivity contribution in [2.45, 2.75) is 13.8 Å². The lowest BCUT2D eigenvalue weighted by atomic mass is 10.2. The van der Waals surface area contributed by atoms with Crippen molar-refractivity contribution in [2.75, 3.05) is 17.2 Å². The molecule has 25 heavy (non-hydrogen) atoms. The van der Waals surface area contributed by atoms with Crippen LogP contribution in [-0.2, 0) is 0 Å². The number of aromatic nitrogens is 3. The molecule has 2 heterocycles. The zero-order chi connectivity index (χ0) is 17.4. The third kappa shape index (κ3) is 2.76. The monoisotopic (exact) mass is 351 g/mol. The summed E-state index contributed by atoms with van der Waals surface area (Å²) in [4.78, 5) is 9.12. The van der Waals surface area contributed by atoms with Crippen LogP contribution in [-0.4, -0.2) is 20.9 Å². The minimum absolute atomic E-state index is 0.668. The van der Waals surface area contributed by atoms with E-state index in [0.29, 0.717) is 5.02 Å². The normalized spacial score (nSPS) is 11.2. The largest absolute Gasteiger partial charge is 0.385 e. The van der Waals surface area contributed by atoms with Crippen LogP contribution in [0.5, 0.6) is 0 Å². The third-order valence-corrected chi connectivity index (χ3v) is 4.51. The number of hydrogen-bond acceptors (Lipinski definition) is 4. The minimum atomic E-state index is 0.668. The van der Waals surface area contributed by atoms with Crippen LogP contribution in [0.2, 0.25) is 5.02 Å². The number of rotatable bonds is 4. The van der Waals surface area contributed by atoms with Gasteiger partial charge in [0.15, 0.2) is 5.82 Å². The Balaban J connectivity index is 1.91. The summed E-state index contributed by atoms with van der Waals surface area (Å²) in [7, 11) is 0. The first-order valence-corrected chi connectivity index (χ1v) is 8.57. The predicted molar refractivity (Wildman–Crippen MR) is 104 cm³/mol. The zero-order valence-corrected chi connectivity index (χ0v) is 14.8. The molecule has 6 heteroatoms. The molecule has 0 atom stereocenters. The van der Waals surface area contributed by atoms with E-state index in [9.17, 15) is 0 Å². The van der Waals surface area contributed by atoms with Crippen molar-refractivity contribution in [3.8, 4) is 0 Å². The number of anilines is 3. The van der Waals surface area contributed by atoms with E-state index in [-0.39, 0.29) is 0 Å². The molecule has 0 aliphatic carbocycles. The molecular formula is C19H18ClN5. The lowest BCUT2D eigenvalue weighted by Gasteiger charge is -2.14. The van der Waals surface area contributed by atoms with Gasteiger partial charge in [-0.2, -0.15) is 0 Å². The second-order valence-corrected chi connectivity index (χ2v) is 6.31. The average molecular weight is 352 g/mol. The quantitative estimate of drug-likeness (QED) is 0.542. The topological polar surface area (TPSA) is 54.2 Å². The zero-order valence-electron chi connectivity index (χ0n) is 14.0. The SMILES string of the molecule is CCNc1ccc2c(c1)nc(Nc1c(C)cccc1Cl)c1cncn12. The number of hydrogen-bond donors (Lipinski definition) is 2. The molecule has 4 rings (SSSR count). The van der Waals surface area contributed by atoms with Crippen LogP contribution in [0.3, 0.4) is 0 Å². The van der Waals surface area contributed by atoms with Crippen molar-refractivity contribution >= 4 is 45.3 Å². The van der Waals surface area contributed by atoms with Crippen LogP contribution in [0.4, 0.5) is 17.2 Å². The second kappa shape index (κ2) is 6.26. The number of aryl methyl sites for hydroxylation is 1. The van der Waals surface area contributed by atoms with E-state index >= 15 is 0 Å². The van der Waals surface area contributed by atoms with E-state index in [2.05, 4.69) is 34.7 Å². The maximum Gasteiger partial charge on any atom is 0.157 e. The second-order valence-electron chi connectivity index (χ2n) is 5.90. The molecule has 2 N–H and O–H groups in total. The number of imidazole rings is 1. The Bertz CT molecular complexity index is 1050. The third-order valence-electron chi connectivity index (χ3n) is 4.19. The maximum absolute atomic E-state index is 6.37. The number of halogens is 1. The van der Waals surface area contributed by atoms with E-state index in [4.69, 9.17) is 16.6 Å². The molecule has 0 aliphatic rings. The number of para-hydroxylation sites is 1. The Kier molecular flexibility index (Phi) is 3.93. The van der Waals surface area contributed by atoms with Gasteiger partial charge in [0.05, 0.1) is 34.3 Å². The van der Waals surface area contributed by atoms with Gasteiger partial charge < -0.3 is 10.6 Å². The molecule has 2 aromatic heterocycles. The van der Waals surface area contributed by atoms with Gasteiger partial charge in [0.1, 0.15) is 5.52 Å². The lowest BCUT2D eigenvalue weighted by Crippen LogP contribution is -2.02. The highest BCUT2D eigenvalue weighted by atomic mass is 35.5. The molecule has 0 unspecified atom stereocenters. The minimum Gasteiger partial charge on any atom is -0.385 e. The van der Waals surface area contributed by atoms with Crippen molar-refractivity contribution < 1.29 is 0 Å². The van der Waals surface area contributed by atoms with Crippen molar-refractivity contribution in [2.24, 2.45) is 0 Å². The highest BCUT2D eigenvalue weighted by Crippen LogP contribution is 2.31. The van der Waals surface area contributed by atoms with Crippen LogP contribution < -0.4 is 10.6 Å². The van der Waals surface area contributed by atoms with Crippen molar-refractivity contribution in [3.63, 3.8) is 0 Å². The van der Waals surface area contributed by atoms with Crippen molar-refractivity contribution in [1.29, 1.82) is 0 Å². The Morgan fingerprint density at radius 2 is 2.04 bits per heavy atom. The number of benzene rings is 2. The van der Waals surface area contributed by atoms with Crippen LogP contribution in [0.25, 0.3) is 16.6 Å². The van der Waals surface area contributed by atoms with Crippen LogP contribution in [0.1, 0.15) is 12.5 Å². The molecule has 0 amide bonds. The molecule has 0 saturated carbocycles. The molecule has 0 aliphatic heterocycles. The van der Waals surface area contributed by atoms with Gasteiger partial charge in [-0.15, -0.1) is 0 Å². The van der Waals surface area contributed by atoms with Gasteiger partial charge in [-0.1, -0.05) is 23.7 Å². The Morgan fingerprint density at radius 3 is 2.84 bits per heavy atom. The highest BCUT2D eigenvalue weighted by molar-refractivity contribution is 6.33. The van der Waals surface area contributed by atoms with E-state index in [1.165, 1.54) is 0 Å². The van der Waals surface area contributed by atoms with E-state index in [1.807, 2.05) is 35.6 Å². The van der Waals surface area contributed by atoms with Gasteiger partial charge in [-0.25, -0.2) is 9.97 Å². The fourth-order valence-electron chi connectivity index (χ4n) is 2.97. The summed E-state index contributed by atoms with van der Waals surface area (Å²) in [5.41, 5.74) is 5.77. The standard InChI is InChI=1S/C19H18ClN5/c1-3-22-13-7-8-16-15(9-13)23-19(17-10-21-11-25(16)17)24-18-12(2)5-4-6-14(18)20/h4-11,22H,3H2,1-2H3,(H,23,24). The number of fused-ring (bicyclic) bond motifs is 3. The molecule has 0 fully saturated rings. The Hall–Kier alpha value is -2.79. The Labute approximate surface area is 150 Å². The number of nitrogens with one attached hydrogen (secondary N) is 2. The molecule has 5 nitrogen and oxygen atoms in total. The summed E-state index contributed by atoms with van der Waals surface area (Å²) in [5, 5.41) is 7.38. The summed E-state index contributed by atoms with van der Waals surface area (Å²) >= 11 is 6.37. The summed E-state index contributed by atoms with van der Waals surface area (Å²) in [6, 6.07) is 12.0.